The number of ether oxygens (including phenoxy) is 1. The van der Waals surface area contributed by atoms with E-state index >= 15 is 0 Å². The molecule has 1 heterocycles. The van der Waals surface area contributed by atoms with E-state index < -0.39 is 0 Å². The summed E-state index contributed by atoms with van der Waals surface area (Å²) < 4.78 is 5.26. The summed E-state index contributed by atoms with van der Waals surface area (Å²) in [7, 11) is 0. The van der Waals surface area contributed by atoms with Gasteiger partial charge in [-0.1, -0.05) is 12.1 Å². The molecule has 0 spiro atoms. The lowest BCUT2D eigenvalue weighted by Crippen LogP contribution is -2.13. The number of rotatable bonds is 6. The molecule has 98 valence electrons. The second-order valence-corrected chi connectivity index (χ2v) is 4.22. The van der Waals surface area contributed by atoms with Crippen LogP contribution in [0.3, 0.4) is 0 Å². The van der Waals surface area contributed by atoms with Gasteiger partial charge >= 0.3 is 0 Å². The maximum absolute atomic E-state index is 8.47. The Morgan fingerprint density at radius 3 is 3.05 bits per heavy atom. The summed E-state index contributed by atoms with van der Waals surface area (Å²) in [6.07, 6.45) is 1.83. The summed E-state index contributed by atoms with van der Waals surface area (Å²) in [5.41, 5.74) is 3.37. The SMILES string of the molecule is Cc1[nH]ncc1CNCc1cccc(OCC#N)c1. The van der Waals surface area contributed by atoms with Gasteiger partial charge in [0.1, 0.15) is 11.8 Å². The average molecular weight is 256 g/mol. The third-order valence-electron chi connectivity index (χ3n) is 2.78. The molecule has 0 atom stereocenters. The van der Waals surface area contributed by atoms with Crippen LogP contribution in [0.1, 0.15) is 16.8 Å². The van der Waals surface area contributed by atoms with E-state index in [9.17, 15) is 0 Å². The quantitative estimate of drug-likeness (QED) is 0.828. The van der Waals surface area contributed by atoms with Gasteiger partial charge in [0.2, 0.25) is 0 Å². The molecule has 2 rings (SSSR count). The van der Waals surface area contributed by atoms with E-state index in [0.717, 1.165) is 35.7 Å². The Labute approximate surface area is 112 Å². The molecule has 1 aromatic heterocycles. The lowest BCUT2D eigenvalue weighted by molar-refractivity contribution is 0.367. The fourth-order valence-corrected chi connectivity index (χ4v) is 1.76. The van der Waals surface area contributed by atoms with Crippen molar-refractivity contribution in [1.82, 2.24) is 15.5 Å². The van der Waals surface area contributed by atoms with Crippen molar-refractivity contribution in [2.75, 3.05) is 6.61 Å². The van der Waals surface area contributed by atoms with Gasteiger partial charge in [0.15, 0.2) is 6.61 Å². The number of nitriles is 1. The molecule has 0 aliphatic rings. The maximum atomic E-state index is 8.47. The van der Waals surface area contributed by atoms with Crippen LogP contribution >= 0.6 is 0 Å². The molecule has 0 fully saturated rings. The van der Waals surface area contributed by atoms with Gasteiger partial charge in [-0.2, -0.15) is 10.4 Å². The van der Waals surface area contributed by atoms with Crippen LogP contribution in [-0.2, 0) is 13.1 Å². The van der Waals surface area contributed by atoms with Gasteiger partial charge in [-0.05, 0) is 24.6 Å². The Morgan fingerprint density at radius 1 is 1.42 bits per heavy atom. The van der Waals surface area contributed by atoms with Crippen molar-refractivity contribution in [3.8, 4) is 11.8 Å². The summed E-state index contributed by atoms with van der Waals surface area (Å²) in [5, 5.41) is 18.7. The minimum Gasteiger partial charge on any atom is -0.479 e. The fourth-order valence-electron chi connectivity index (χ4n) is 1.76. The first-order valence-electron chi connectivity index (χ1n) is 6.08. The zero-order chi connectivity index (χ0) is 13.5. The first-order valence-corrected chi connectivity index (χ1v) is 6.08. The van der Waals surface area contributed by atoms with Crippen molar-refractivity contribution in [2.24, 2.45) is 0 Å². The van der Waals surface area contributed by atoms with Gasteiger partial charge in [0.25, 0.3) is 0 Å². The molecule has 2 aromatic rings. The molecule has 1 aromatic carbocycles. The molecule has 0 radical (unpaired) electrons. The monoisotopic (exact) mass is 256 g/mol. The molecule has 19 heavy (non-hydrogen) atoms. The zero-order valence-electron chi connectivity index (χ0n) is 10.8. The molecule has 5 heteroatoms. The fraction of sp³-hybridized carbons (Fsp3) is 0.286. The lowest BCUT2D eigenvalue weighted by atomic mass is 10.2. The number of nitrogens with one attached hydrogen (secondary N) is 2. The molecule has 0 bridgehead atoms. The second kappa shape index (κ2) is 6.57. The number of aryl methyl sites for hydroxylation is 1. The number of aromatic nitrogens is 2. The molecule has 0 aliphatic heterocycles. The van der Waals surface area contributed by atoms with Crippen LogP contribution in [0.4, 0.5) is 0 Å². The van der Waals surface area contributed by atoms with E-state index in [-0.39, 0.29) is 6.61 Å². The number of aromatic amines is 1. The normalized spacial score (nSPS) is 10.1. The van der Waals surface area contributed by atoms with Crippen molar-refractivity contribution in [1.29, 1.82) is 5.26 Å². The third kappa shape index (κ3) is 3.83. The van der Waals surface area contributed by atoms with Crippen LogP contribution in [0.15, 0.2) is 30.5 Å². The van der Waals surface area contributed by atoms with Crippen LogP contribution in [0.2, 0.25) is 0 Å². The van der Waals surface area contributed by atoms with Crippen LogP contribution in [0.25, 0.3) is 0 Å². The number of benzene rings is 1. The Bertz CT molecular complexity index is 571. The van der Waals surface area contributed by atoms with Crippen LogP contribution in [0.5, 0.6) is 5.75 Å². The summed E-state index contributed by atoms with van der Waals surface area (Å²) in [5.74, 6) is 0.723. The van der Waals surface area contributed by atoms with Gasteiger partial charge in [0, 0.05) is 24.3 Å². The Hall–Kier alpha value is -2.32. The minimum absolute atomic E-state index is 0.0745. The highest BCUT2D eigenvalue weighted by Crippen LogP contribution is 2.13. The van der Waals surface area contributed by atoms with E-state index in [1.165, 1.54) is 0 Å². The van der Waals surface area contributed by atoms with Crippen molar-refractivity contribution >= 4 is 0 Å². The topological polar surface area (TPSA) is 73.7 Å². The van der Waals surface area contributed by atoms with Crippen molar-refractivity contribution in [3.63, 3.8) is 0 Å². The Morgan fingerprint density at radius 2 is 2.32 bits per heavy atom. The van der Waals surface area contributed by atoms with Crippen molar-refractivity contribution < 1.29 is 4.74 Å². The van der Waals surface area contributed by atoms with Gasteiger partial charge in [-0.3, -0.25) is 5.10 Å². The minimum atomic E-state index is 0.0745. The number of nitrogens with zero attached hydrogens (tertiary/aromatic N) is 2. The lowest BCUT2D eigenvalue weighted by Gasteiger charge is -2.07. The van der Waals surface area contributed by atoms with Gasteiger partial charge < -0.3 is 10.1 Å². The smallest absolute Gasteiger partial charge is 0.174 e. The molecule has 5 nitrogen and oxygen atoms in total. The van der Waals surface area contributed by atoms with Gasteiger partial charge in [0.05, 0.1) is 6.20 Å². The molecule has 0 unspecified atom stereocenters. The maximum Gasteiger partial charge on any atom is 0.174 e. The predicted molar refractivity (Wildman–Crippen MR) is 71.4 cm³/mol. The van der Waals surface area contributed by atoms with E-state index in [1.54, 1.807) is 0 Å². The van der Waals surface area contributed by atoms with E-state index in [0.29, 0.717) is 0 Å². The van der Waals surface area contributed by atoms with E-state index in [4.69, 9.17) is 10.00 Å². The molecular formula is C14H16N4O. The summed E-state index contributed by atoms with van der Waals surface area (Å²) in [4.78, 5) is 0. The van der Waals surface area contributed by atoms with Crippen LogP contribution in [-0.4, -0.2) is 16.8 Å². The highest BCUT2D eigenvalue weighted by Gasteiger charge is 2.00. The third-order valence-corrected chi connectivity index (χ3v) is 2.78. The standard InChI is InChI=1S/C14H16N4O/c1-11-13(10-17-18-11)9-16-8-12-3-2-4-14(7-12)19-6-5-15/h2-4,7,10,16H,6,8-9H2,1H3,(H,17,18). The molecule has 0 amide bonds. The Balaban J connectivity index is 1.86. The molecule has 2 N–H and O–H groups in total. The number of hydrogen-bond donors (Lipinski definition) is 2. The van der Waals surface area contributed by atoms with Crippen molar-refractivity contribution in [2.45, 2.75) is 20.0 Å². The molecule has 0 saturated carbocycles. The predicted octanol–water partition coefficient (Wildman–Crippen LogP) is 1.91. The van der Waals surface area contributed by atoms with Crippen LogP contribution in [0, 0.1) is 18.3 Å². The first kappa shape index (κ1) is 13.1. The van der Waals surface area contributed by atoms with Gasteiger partial charge in [-0.25, -0.2) is 0 Å². The molecular weight excluding hydrogens is 240 g/mol. The summed E-state index contributed by atoms with van der Waals surface area (Å²) in [6.45, 7) is 3.59. The number of H-pyrrole nitrogens is 1. The summed E-state index contributed by atoms with van der Waals surface area (Å²) >= 11 is 0. The second-order valence-electron chi connectivity index (χ2n) is 4.22. The Kier molecular flexibility index (Phi) is 4.54. The average Bonchev–Trinajstić information content (AvgIpc) is 2.83. The van der Waals surface area contributed by atoms with Gasteiger partial charge in [-0.15, -0.1) is 0 Å². The largest absolute Gasteiger partial charge is 0.479 e. The molecule has 0 saturated heterocycles. The van der Waals surface area contributed by atoms with E-state index in [1.807, 2.05) is 43.5 Å². The number of hydrogen-bond acceptors (Lipinski definition) is 4. The zero-order valence-corrected chi connectivity index (χ0v) is 10.8. The van der Waals surface area contributed by atoms with Crippen molar-refractivity contribution in [3.05, 3.63) is 47.3 Å². The van der Waals surface area contributed by atoms with E-state index in [2.05, 4.69) is 15.5 Å². The highest BCUT2D eigenvalue weighted by atomic mass is 16.5. The van der Waals surface area contributed by atoms with Crippen LogP contribution < -0.4 is 10.1 Å². The molecule has 0 aliphatic carbocycles. The first-order chi connectivity index (χ1) is 9.29. The summed E-state index contributed by atoms with van der Waals surface area (Å²) in [6, 6.07) is 9.69. The highest BCUT2D eigenvalue weighted by molar-refractivity contribution is 5.28.